The Labute approximate surface area is 82.4 Å². The van der Waals surface area contributed by atoms with Crippen LogP contribution in [0.25, 0.3) is 0 Å². The first-order valence-corrected chi connectivity index (χ1v) is 4.66. The van der Waals surface area contributed by atoms with Crippen molar-refractivity contribution in [3.63, 3.8) is 0 Å². The molecule has 5 nitrogen and oxygen atoms in total. The second-order valence-electron chi connectivity index (χ2n) is 3.60. The minimum atomic E-state index is -0.644. The number of carbonyl (C=O) groups excluding carboxylic acids is 3. The maximum Gasteiger partial charge on any atom is 0.331 e. The van der Waals surface area contributed by atoms with Gasteiger partial charge in [0, 0.05) is 6.42 Å². The second-order valence-corrected chi connectivity index (χ2v) is 3.60. The number of nitrogens with one attached hydrogen (secondary N) is 1. The first-order chi connectivity index (χ1) is 6.49. The van der Waals surface area contributed by atoms with Crippen molar-refractivity contribution in [2.75, 3.05) is 0 Å². The molecule has 1 N–H and O–H groups in total. The fraction of sp³-hybridized carbons (Fsp3) is 0.667. The maximum absolute atomic E-state index is 11.4. The minimum absolute atomic E-state index is 0.0584. The summed E-state index contributed by atoms with van der Waals surface area (Å²) in [6.07, 6.45) is 0.226. The molecule has 78 valence electrons. The molecular weight excluding hydrogens is 184 g/mol. The highest BCUT2D eigenvalue weighted by atomic mass is 16.2. The molecule has 0 aromatic rings. The Bertz CT molecular complexity index is 286. The van der Waals surface area contributed by atoms with Crippen molar-refractivity contribution in [1.82, 2.24) is 10.2 Å². The van der Waals surface area contributed by atoms with Crippen LogP contribution in [0.3, 0.4) is 0 Å². The fourth-order valence-electron chi connectivity index (χ4n) is 1.52. The molecule has 5 heteroatoms. The number of hydrogen-bond donors (Lipinski definition) is 1. The quantitative estimate of drug-likeness (QED) is 0.657. The highest BCUT2D eigenvalue weighted by molar-refractivity contribution is 6.11. The molecule has 1 atom stereocenters. The molecule has 0 aromatic carbocycles. The maximum atomic E-state index is 11.4. The molecule has 0 spiro atoms. The Hall–Kier alpha value is -1.39. The van der Waals surface area contributed by atoms with Gasteiger partial charge in [0.05, 0.1) is 0 Å². The molecule has 1 aliphatic heterocycles. The van der Waals surface area contributed by atoms with Crippen LogP contribution >= 0.6 is 0 Å². The highest BCUT2D eigenvalue weighted by Crippen LogP contribution is 2.17. The third-order valence-electron chi connectivity index (χ3n) is 2.20. The Kier molecular flexibility index (Phi) is 2.88. The zero-order chi connectivity index (χ0) is 10.9. The standard InChI is InChI=1S/C9H14N2O3/c1-4-6(12)11-7(5(2)3)8(13)10-9(11)14/h5,7H,4H2,1-3H3,(H,10,13,14). The van der Waals surface area contributed by atoms with Crippen molar-refractivity contribution in [2.24, 2.45) is 5.92 Å². The molecule has 1 fully saturated rings. The van der Waals surface area contributed by atoms with Crippen LogP contribution in [0.15, 0.2) is 0 Å². The van der Waals surface area contributed by atoms with Crippen molar-refractivity contribution in [3.05, 3.63) is 0 Å². The van der Waals surface area contributed by atoms with Crippen LogP contribution in [0.2, 0.25) is 0 Å². The van der Waals surface area contributed by atoms with Gasteiger partial charge in [-0.15, -0.1) is 0 Å². The summed E-state index contributed by atoms with van der Waals surface area (Å²) in [6, 6.07) is -1.24. The number of urea groups is 1. The first kappa shape index (κ1) is 10.7. The van der Waals surface area contributed by atoms with Gasteiger partial charge in [-0.3, -0.25) is 19.8 Å². The Morgan fingerprint density at radius 3 is 2.50 bits per heavy atom. The number of hydrogen-bond acceptors (Lipinski definition) is 3. The lowest BCUT2D eigenvalue weighted by atomic mass is 10.0. The van der Waals surface area contributed by atoms with Gasteiger partial charge in [0.1, 0.15) is 6.04 Å². The molecule has 1 aliphatic rings. The van der Waals surface area contributed by atoms with Gasteiger partial charge in [0.25, 0.3) is 5.91 Å². The summed E-state index contributed by atoms with van der Waals surface area (Å²) in [6.45, 7) is 5.27. The first-order valence-electron chi connectivity index (χ1n) is 4.66. The molecule has 4 amide bonds. The van der Waals surface area contributed by atoms with Gasteiger partial charge in [-0.1, -0.05) is 20.8 Å². The molecule has 0 saturated carbocycles. The topological polar surface area (TPSA) is 66.5 Å². The van der Waals surface area contributed by atoms with E-state index in [1.807, 2.05) is 0 Å². The predicted molar refractivity (Wildman–Crippen MR) is 49.3 cm³/mol. The minimum Gasteiger partial charge on any atom is -0.276 e. The van der Waals surface area contributed by atoms with E-state index >= 15 is 0 Å². The van der Waals surface area contributed by atoms with Crippen molar-refractivity contribution < 1.29 is 14.4 Å². The number of amides is 4. The van der Waals surface area contributed by atoms with E-state index in [0.717, 1.165) is 4.90 Å². The second kappa shape index (κ2) is 3.77. The van der Waals surface area contributed by atoms with Crippen LogP contribution in [0.1, 0.15) is 27.2 Å². The number of imide groups is 2. The summed E-state index contributed by atoms with van der Waals surface area (Å²) in [4.78, 5) is 35.0. The van der Waals surface area contributed by atoms with Crippen LogP contribution in [-0.2, 0) is 9.59 Å². The van der Waals surface area contributed by atoms with Gasteiger partial charge >= 0.3 is 6.03 Å². The average molecular weight is 198 g/mol. The van der Waals surface area contributed by atoms with Gasteiger partial charge in [-0.2, -0.15) is 0 Å². The molecule has 0 bridgehead atoms. The van der Waals surface area contributed by atoms with E-state index < -0.39 is 12.1 Å². The third-order valence-corrected chi connectivity index (χ3v) is 2.20. The van der Waals surface area contributed by atoms with E-state index in [4.69, 9.17) is 0 Å². The molecule has 1 unspecified atom stereocenters. The smallest absolute Gasteiger partial charge is 0.276 e. The summed E-state index contributed by atoms with van der Waals surface area (Å²) in [7, 11) is 0. The van der Waals surface area contributed by atoms with Crippen molar-refractivity contribution >= 4 is 17.8 Å². The lowest BCUT2D eigenvalue weighted by Gasteiger charge is -2.21. The molecule has 1 heterocycles. The number of rotatable bonds is 2. The van der Waals surface area contributed by atoms with E-state index in [2.05, 4.69) is 5.32 Å². The summed E-state index contributed by atoms with van der Waals surface area (Å²) >= 11 is 0. The normalized spacial score (nSPS) is 21.7. The zero-order valence-electron chi connectivity index (χ0n) is 8.53. The van der Waals surface area contributed by atoms with E-state index in [-0.39, 0.29) is 24.2 Å². The number of carbonyl (C=O) groups is 3. The molecule has 1 saturated heterocycles. The molecule has 0 radical (unpaired) electrons. The third kappa shape index (κ3) is 1.62. The van der Waals surface area contributed by atoms with Gasteiger partial charge in [0.15, 0.2) is 0 Å². The van der Waals surface area contributed by atoms with Crippen LogP contribution in [0.5, 0.6) is 0 Å². The highest BCUT2D eigenvalue weighted by Gasteiger charge is 2.43. The van der Waals surface area contributed by atoms with E-state index in [9.17, 15) is 14.4 Å². The van der Waals surface area contributed by atoms with Crippen molar-refractivity contribution in [1.29, 1.82) is 0 Å². The Morgan fingerprint density at radius 1 is 1.50 bits per heavy atom. The summed E-state index contributed by atoms with van der Waals surface area (Å²) < 4.78 is 0. The fourth-order valence-corrected chi connectivity index (χ4v) is 1.52. The molecule has 0 aromatic heterocycles. The lowest BCUT2D eigenvalue weighted by Crippen LogP contribution is -2.42. The molecule has 14 heavy (non-hydrogen) atoms. The van der Waals surface area contributed by atoms with Gasteiger partial charge in [-0.25, -0.2) is 4.79 Å². The number of nitrogens with zero attached hydrogens (tertiary/aromatic N) is 1. The van der Waals surface area contributed by atoms with E-state index in [0.29, 0.717) is 0 Å². The molecular formula is C9H14N2O3. The van der Waals surface area contributed by atoms with Crippen LogP contribution in [-0.4, -0.2) is 28.8 Å². The Morgan fingerprint density at radius 2 is 2.07 bits per heavy atom. The van der Waals surface area contributed by atoms with Gasteiger partial charge in [0.2, 0.25) is 5.91 Å². The summed E-state index contributed by atoms with van der Waals surface area (Å²) in [5, 5.41) is 2.14. The zero-order valence-corrected chi connectivity index (χ0v) is 8.53. The van der Waals surface area contributed by atoms with Gasteiger partial charge < -0.3 is 0 Å². The predicted octanol–water partition coefficient (Wildman–Crippen LogP) is 0.499. The van der Waals surface area contributed by atoms with Gasteiger partial charge in [-0.05, 0) is 5.92 Å². The van der Waals surface area contributed by atoms with Crippen LogP contribution < -0.4 is 5.32 Å². The van der Waals surface area contributed by atoms with Crippen molar-refractivity contribution in [3.8, 4) is 0 Å². The molecule has 0 aliphatic carbocycles. The lowest BCUT2D eigenvalue weighted by molar-refractivity contribution is -0.134. The van der Waals surface area contributed by atoms with E-state index in [1.54, 1.807) is 20.8 Å². The van der Waals surface area contributed by atoms with Crippen LogP contribution in [0.4, 0.5) is 4.79 Å². The largest absolute Gasteiger partial charge is 0.331 e. The monoisotopic (exact) mass is 198 g/mol. The summed E-state index contributed by atoms with van der Waals surface area (Å²) in [5.41, 5.74) is 0. The molecule has 1 rings (SSSR count). The van der Waals surface area contributed by atoms with Crippen molar-refractivity contribution in [2.45, 2.75) is 33.2 Å². The Balaban J connectivity index is 2.95. The van der Waals surface area contributed by atoms with E-state index in [1.165, 1.54) is 0 Å². The average Bonchev–Trinajstić information content (AvgIpc) is 2.39. The summed E-state index contributed by atoms with van der Waals surface area (Å²) in [5.74, 6) is -0.754. The van der Waals surface area contributed by atoms with Crippen LogP contribution in [0, 0.1) is 5.92 Å². The SMILES string of the molecule is CCC(=O)N1C(=O)NC(=O)C1C(C)C.